The van der Waals surface area contributed by atoms with E-state index in [0.29, 0.717) is 5.05 Å². The quantitative estimate of drug-likeness (QED) is 0.623. The van der Waals surface area contributed by atoms with Gasteiger partial charge in [0.15, 0.2) is 11.2 Å². The maximum Gasteiger partial charge on any atom is 0.335 e. The second-order valence-electron chi connectivity index (χ2n) is 6.17. The number of rotatable bonds is 5. The number of hydrogen-bond acceptors (Lipinski definition) is 5. The van der Waals surface area contributed by atoms with E-state index >= 15 is 0 Å². The first-order valence-corrected chi connectivity index (χ1v) is 8.64. The van der Waals surface area contributed by atoms with Crippen LogP contribution in [-0.4, -0.2) is 34.4 Å². The monoisotopic (exact) mass is 314 g/mol. The lowest BCUT2D eigenvalue weighted by molar-refractivity contribution is -0.160. The van der Waals surface area contributed by atoms with E-state index < -0.39 is 12.1 Å². The van der Waals surface area contributed by atoms with E-state index in [1.165, 1.54) is 25.7 Å². The summed E-state index contributed by atoms with van der Waals surface area (Å²) in [5, 5.41) is 10.2. The molecule has 4 nitrogen and oxygen atoms in total. The zero-order valence-electron chi connectivity index (χ0n) is 12.6. The van der Waals surface area contributed by atoms with Gasteiger partial charge in [-0.2, -0.15) is 0 Å². The highest BCUT2D eigenvalue weighted by atomic mass is 32.1. The second kappa shape index (κ2) is 8.69. The molecule has 120 valence electrons. The number of aliphatic hydroxyl groups is 1. The molecule has 0 spiro atoms. The van der Waals surface area contributed by atoms with Gasteiger partial charge < -0.3 is 14.6 Å². The van der Waals surface area contributed by atoms with Crippen LogP contribution in [0.1, 0.15) is 70.6 Å². The third kappa shape index (κ3) is 5.91. The molecule has 2 saturated carbocycles. The van der Waals surface area contributed by atoms with Gasteiger partial charge in [0, 0.05) is 0 Å². The van der Waals surface area contributed by atoms with Gasteiger partial charge in [0.25, 0.3) is 0 Å². The molecule has 2 aliphatic carbocycles. The molecule has 0 aromatic heterocycles. The topological polar surface area (TPSA) is 55.8 Å². The van der Waals surface area contributed by atoms with Crippen molar-refractivity contribution in [3.63, 3.8) is 0 Å². The molecule has 0 aliphatic heterocycles. The summed E-state index contributed by atoms with van der Waals surface area (Å²) in [6.45, 7) is 0. The average Bonchev–Trinajstić information content (AvgIpc) is 2.49. The molecule has 1 unspecified atom stereocenters. The molecule has 0 aromatic carbocycles. The van der Waals surface area contributed by atoms with E-state index in [2.05, 4.69) is 0 Å². The number of hydrogen-bond donors (Lipinski definition) is 1. The fourth-order valence-electron chi connectivity index (χ4n) is 3.08. The predicted molar refractivity (Wildman–Crippen MR) is 84.1 cm³/mol. The van der Waals surface area contributed by atoms with Crippen LogP contribution in [-0.2, 0) is 14.3 Å². The summed E-state index contributed by atoms with van der Waals surface area (Å²) in [5.74, 6) is -0.559. The van der Waals surface area contributed by atoms with Crippen LogP contribution in [0.15, 0.2) is 0 Å². The van der Waals surface area contributed by atoms with Crippen LogP contribution in [0.5, 0.6) is 0 Å². The molecule has 0 bridgehead atoms. The minimum absolute atomic E-state index is 0.0336. The van der Waals surface area contributed by atoms with Crippen molar-refractivity contribution in [1.29, 1.82) is 0 Å². The smallest absolute Gasteiger partial charge is 0.335 e. The fourth-order valence-corrected chi connectivity index (χ4v) is 3.38. The predicted octanol–water partition coefficient (Wildman–Crippen LogP) is 3.29. The summed E-state index contributed by atoms with van der Waals surface area (Å²) in [7, 11) is 0. The van der Waals surface area contributed by atoms with Crippen molar-refractivity contribution in [2.75, 3.05) is 0 Å². The van der Waals surface area contributed by atoms with E-state index in [-0.39, 0.29) is 18.6 Å². The summed E-state index contributed by atoms with van der Waals surface area (Å²) >= 11 is 5.14. The fraction of sp³-hybridized carbons (Fsp3) is 0.875. The van der Waals surface area contributed by atoms with Gasteiger partial charge in [0.05, 0.1) is 12.5 Å². The van der Waals surface area contributed by atoms with E-state index in [4.69, 9.17) is 21.7 Å². The summed E-state index contributed by atoms with van der Waals surface area (Å²) in [6, 6.07) is 0. The number of ether oxygens (including phenoxy) is 2. The van der Waals surface area contributed by atoms with E-state index in [9.17, 15) is 9.90 Å². The van der Waals surface area contributed by atoms with Crippen molar-refractivity contribution < 1.29 is 19.4 Å². The summed E-state index contributed by atoms with van der Waals surface area (Å²) in [5.41, 5.74) is 0. The van der Waals surface area contributed by atoms with Crippen LogP contribution >= 0.6 is 12.2 Å². The molecular weight excluding hydrogens is 288 g/mol. The van der Waals surface area contributed by atoms with E-state index in [1.54, 1.807) is 0 Å². The number of aliphatic hydroxyl groups excluding tert-OH is 1. The normalized spacial score (nSPS) is 22.5. The average molecular weight is 314 g/mol. The third-order valence-electron chi connectivity index (χ3n) is 4.32. The molecule has 21 heavy (non-hydrogen) atoms. The number of carbonyl (C=O) groups is 1. The molecule has 0 amide bonds. The molecule has 0 heterocycles. The largest absolute Gasteiger partial charge is 0.484 e. The van der Waals surface area contributed by atoms with Gasteiger partial charge in [-0.05, 0) is 63.6 Å². The molecule has 2 fully saturated rings. The van der Waals surface area contributed by atoms with Crippen LogP contribution in [0.25, 0.3) is 0 Å². The van der Waals surface area contributed by atoms with Crippen molar-refractivity contribution in [3.8, 4) is 0 Å². The van der Waals surface area contributed by atoms with Gasteiger partial charge in [-0.1, -0.05) is 12.8 Å². The van der Waals surface area contributed by atoms with Crippen molar-refractivity contribution >= 4 is 23.2 Å². The minimum Gasteiger partial charge on any atom is -0.484 e. The zero-order chi connectivity index (χ0) is 15.1. The third-order valence-corrected chi connectivity index (χ3v) is 4.58. The van der Waals surface area contributed by atoms with Gasteiger partial charge >= 0.3 is 5.97 Å². The SMILES string of the molecule is O=C(OC1CCCCC1)C(O)CC(=S)OC1CCCCC1. The van der Waals surface area contributed by atoms with Gasteiger partial charge in [0.2, 0.25) is 0 Å². The maximum absolute atomic E-state index is 11.9. The van der Waals surface area contributed by atoms with E-state index in [0.717, 1.165) is 38.5 Å². The Hall–Kier alpha value is -0.680. The van der Waals surface area contributed by atoms with Crippen LogP contribution in [0.3, 0.4) is 0 Å². The Morgan fingerprint density at radius 3 is 1.95 bits per heavy atom. The summed E-state index contributed by atoms with van der Waals surface area (Å²) < 4.78 is 11.0. The molecule has 0 saturated heterocycles. The van der Waals surface area contributed by atoms with Crippen LogP contribution in [0.4, 0.5) is 0 Å². The minimum atomic E-state index is -1.19. The lowest BCUT2D eigenvalue weighted by atomic mass is 9.97. The molecule has 2 aliphatic rings. The first kappa shape index (κ1) is 16.7. The highest BCUT2D eigenvalue weighted by Crippen LogP contribution is 2.22. The highest BCUT2D eigenvalue weighted by Gasteiger charge is 2.25. The molecule has 0 radical (unpaired) electrons. The Bertz CT molecular complexity index is 346. The van der Waals surface area contributed by atoms with Crippen LogP contribution in [0, 0.1) is 0 Å². The summed E-state index contributed by atoms with van der Waals surface area (Å²) in [6.07, 6.45) is 9.82. The molecule has 5 heteroatoms. The van der Waals surface area contributed by atoms with Gasteiger partial charge in [-0.3, -0.25) is 0 Å². The lowest BCUT2D eigenvalue weighted by Crippen LogP contribution is -2.32. The molecule has 0 aromatic rings. The Balaban J connectivity index is 1.67. The van der Waals surface area contributed by atoms with Gasteiger partial charge in [-0.15, -0.1) is 0 Å². The standard InChI is InChI=1S/C16H26O4S/c17-14(16(18)20-13-9-5-2-6-10-13)11-15(21)19-12-7-3-1-4-8-12/h12-14,17H,1-11H2. The maximum atomic E-state index is 11.9. The Labute approximate surface area is 132 Å². The van der Waals surface area contributed by atoms with Gasteiger partial charge in [-0.25, -0.2) is 4.79 Å². The number of carbonyl (C=O) groups excluding carboxylic acids is 1. The van der Waals surface area contributed by atoms with Crippen molar-refractivity contribution in [2.24, 2.45) is 0 Å². The first-order valence-electron chi connectivity index (χ1n) is 8.23. The van der Waals surface area contributed by atoms with Crippen LogP contribution < -0.4 is 0 Å². The van der Waals surface area contributed by atoms with Crippen LogP contribution in [0.2, 0.25) is 0 Å². The Morgan fingerprint density at radius 2 is 1.43 bits per heavy atom. The second-order valence-corrected chi connectivity index (χ2v) is 6.62. The number of esters is 1. The Kier molecular flexibility index (Phi) is 6.90. The lowest BCUT2D eigenvalue weighted by Gasteiger charge is -2.25. The van der Waals surface area contributed by atoms with Gasteiger partial charge in [0.1, 0.15) is 6.10 Å². The molecule has 1 N–H and O–H groups in total. The zero-order valence-corrected chi connectivity index (χ0v) is 13.4. The molecule has 2 rings (SSSR count). The molecular formula is C16H26O4S. The number of thiocarbonyl (C=S) groups is 1. The molecule has 1 atom stereocenters. The highest BCUT2D eigenvalue weighted by molar-refractivity contribution is 7.80. The summed E-state index contributed by atoms with van der Waals surface area (Å²) in [4.78, 5) is 11.9. The Morgan fingerprint density at radius 1 is 0.952 bits per heavy atom. The van der Waals surface area contributed by atoms with Crippen molar-refractivity contribution in [1.82, 2.24) is 0 Å². The van der Waals surface area contributed by atoms with Crippen molar-refractivity contribution in [3.05, 3.63) is 0 Å². The van der Waals surface area contributed by atoms with Crippen molar-refractivity contribution in [2.45, 2.75) is 88.9 Å². The first-order chi connectivity index (χ1) is 10.1. The van der Waals surface area contributed by atoms with E-state index in [1.807, 2.05) is 0 Å².